The van der Waals surface area contributed by atoms with Crippen molar-refractivity contribution in [1.29, 1.82) is 0 Å². The van der Waals surface area contributed by atoms with E-state index >= 15 is 0 Å². The van der Waals surface area contributed by atoms with E-state index in [0.717, 1.165) is 28.5 Å². The van der Waals surface area contributed by atoms with E-state index in [-0.39, 0.29) is 12.1 Å². The number of aryl methyl sites for hydroxylation is 1. The molecule has 0 spiro atoms. The maximum absolute atomic E-state index is 6.34. The lowest BCUT2D eigenvalue weighted by Gasteiger charge is -2.28. The minimum atomic E-state index is -0.0734. The first-order valence-electron chi connectivity index (χ1n) is 10.5. The quantitative estimate of drug-likeness (QED) is 0.502. The smallest absolute Gasteiger partial charge is 0.170 e. The molecule has 1 aliphatic rings. The van der Waals surface area contributed by atoms with Crippen LogP contribution in [0, 0.1) is 13.8 Å². The number of hydrogen-bond acceptors (Lipinski definition) is 4. The molecular formula is C24H27ClN4O2S. The molecular weight excluding hydrogens is 444 g/mol. The van der Waals surface area contributed by atoms with Crippen molar-refractivity contribution in [2.75, 3.05) is 27.4 Å². The highest BCUT2D eigenvalue weighted by Crippen LogP contribution is 2.42. The lowest BCUT2D eigenvalue weighted by atomic mass is 9.97. The molecule has 1 N–H and O–H groups in total. The Kier molecular flexibility index (Phi) is 6.69. The van der Waals surface area contributed by atoms with Crippen molar-refractivity contribution < 1.29 is 9.47 Å². The maximum atomic E-state index is 6.34. The number of pyridine rings is 1. The van der Waals surface area contributed by atoms with Gasteiger partial charge in [0.25, 0.3) is 0 Å². The monoisotopic (exact) mass is 470 g/mol. The van der Waals surface area contributed by atoms with Crippen LogP contribution in [0.1, 0.15) is 34.7 Å². The van der Waals surface area contributed by atoms with Crippen LogP contribution in [0.25, 0.3) is 5.69 Å². The largest absolute Gasteiger partial charge is 0.495 e. The molecule has 0 aliphatic carbocycles. The second kappa shape index (κ2) is 9.48. The summed E-state index contributed by atoms with van der Waals surface area (Å²) in [7, 11) is 3.37. The minimum absolute atomic E-state index is 0.0299. The van der Waals surface area contributed by atoms with Crippen LogP contribution in [0.3, 0.4) is 0 Å². The number of nitrogens with zero attached hydrogens (tertiary/aromatic N) is 3. The first kappa shape index (κ1) is 22.6. The zero-order valence-corrected chi connectivity index (χ0v) is 20.2. The van der Waals surface area contributed by atoms with Gasteiger partial charge in [-0.1, -0.05) is 17.7 Å². The lowest BCUT2D eigenvalue weighted by molar-refractivity contribution is 0.164. The summed E-state index contributed by atoms with van der Waals surface area (Å²) in [5.41, 5.74) is 5.21. The summed E-state index contributed by atoms with van der Waals surface area (Å²) in [4.78, 5) is 6.81. The normalized spacial score (nSPS) is 18.2. The number of benzene rings is 1. The first-order valence-corrected chi connectivity index (χ1v) is 11.2. The fourth-order valence-electron chi connectivity index (χ4n) is 4.47. The van der Waals surface area contributed by atoms with Crippen molar-refractivity contribution in [3.05, 3.63) is 76.3 Å². The van der Waals surface area contributed by atoms with E-state index in [0.29, 0.717) is 23.3 Å². The van der Waals surface area contributed by atoms with Crippen molar-refractivity contribution in [2.24, 2.45) is 0 Å². The third kappa shape index (κ3) is 4.08. The van der Waals surface area contributed by atoms with Crippen LogP contribution < -0.4 is 10.1 Å². The Hall–Kier alpha value is -2.61. The number of halogens is 1. The van der Waals surface area contributed by atoms with Crippen molar-refractivity contribution in [3.63, 3.8) is 0 Å². The molecule has 168 valence electrons. The van der Waals surface area contributed by atoms with Gasteiger partial charge in [0.2, 0.25) is 0 Å². The molecule has 8 heteroatoms. The number of ether oxygens (including phenoxy) is 2. The molecule has 32 heavy (non-hydrogen) atoms. The predicted octanol–water partition coefficient (Wildman–Crippen LogP) is 4.77. The van der Waals surface area contributed by atoms with Crippen LogP contribution in [0.2, 0.25) is 5.02 Å². The van der Waals surface area contributed by atoms with Crippen molar-refractivity contribution >= 4 is 28.9 Å². The molecule has 3 aromatic rings. The molecule has 0 unspecified atom stereocenters. The lowest BCUT2D eigenvalue weighted by Crippen LogP contribution is -2.32. The number of thiocarbonyl (C=S) groups is 1. The summed E-state index contributed by atoms with van der Waals surface area (Å²) in [5, 5.41) is 4.85. The summed E-state index contributed by atoms with van der Waals surface area (Å²) >= 11 is 12.1. The van der Waals surface area contributed by atoms with Gasteiger partial charge in [-0.2, -0.15) is 0 Å². The van der Waals surface area contributed by atoms with Crippen LogP contribution in [-0.2, 0) is 4.74 Å². The van der Waals surface area contributed by atoms with E-state index in [1.165, 1.54) is 5.56 Å². The molecule has 3 heterocycles. The van der Waals surface area contributed by atoms with Crippen LogP contribution in [-0.4, -0.2) is 46.9 Å². The molecule has 6 nitrogen and oxygen atoms in total. The Morgan fingerprint density at radius 3 is 2.66 bits per heavy atom. The fourth-order valence-corrected chi connectivity index (χ4v) is 4.97. The number of methoxy groups -OCH3 is 2. The average Bonchev–Trinajstić information content (AvgIpc) is 3.27. The van der Waals surface area contributed by atoms with Crippen LogP contribution >= 0.6 is 23.8 Å². The number of nitrogens with one attached hydrogen (secondary N) is 1. The summed E-state index contributed by atoms with van der Waals surface area (Å²) < 4.78 is 13.2. The highest BCUT2D eigenvalue weighted by atomic mass is 35.5. The van der Waals surface area contributed by atoms with Gasteiger partial charge >= 0.3 is 0 Å². The zero-order valence-electron chi connectivity index (χ0n) is 18.6. The van der Waals surface area contributed by atoms with Crippen molar-refractivity contribution in [2.45, 2.75) is 25.9 Å². The average molecular weight is 471 g/mol. The Balaban J connectivity index is 1.85. The summed E-state index contributed by atoms with van der Waals surface area (Å²) in [6.45, 7) is 5.47. The Labute approximate surface area is 199 Å². The van der Waals surface area contributed by atoms with Crippen LogP contribution in [0.5, 0.6) is 5.75 Å². The van der Waals surface area contributed by atoms with Gasteiger partial charge in [0.15, 0.2) is 5.11 Å². The number of hydrogen-bond donors (Lipinski definition) is 1. The molecule has 0 amide bonds. The first-order chi connectivity index (χ1) is 15.5. The Bertz CT molecular complexity index is 1120. The number of aromatic nitrogens is 2. The zero-order chi connectivity index (χ0) is 22.8. The molecule has 1 aromatic carbocycles. The molecule has 1 aliphatic heterocycles. The second-order valence-electron chi connectivity index (χ2n) is 7.79. The van der Waals surface area contributed by atoms with Gasteiger partial charge in [-0.3, -0.25) is 4.98 Å². The van der Waals surface area contributed by atoms with E-state index in [9.17, 15) is 0 Å². The molecule has 0 bridgehead atoms. The highest BCUT2D eigenvalue weighted by molar-refractivity contribution is 7.80. The number of rotatable bonds is 7. The predicted molar refractivity (Wildman–Crippen MR) is 131 cm³/mol. The van der Waals surface area contributed by atoms with E-state index in [2.05, 4.69) is 39.7 Å². The minimum Gasteiger partial charge on any atom is -0.495 e. The van der Waals surface area contributed by atoms with Gasteiger partial charge in [-0.25, -0.2) is 0 Å². The molecule has 1 saturated heterocycles. The van der Waals surface area contributed by atoms with Gasteiger partial charge in [-0.05, 0) is 68.0 Å². The third-order valence-electron chi connectivity index (χ3n) is 5.90. The Morgan fingerprint density at radius 2 is 1.97 bits per heavy atom. The molecule has 2 aromatic heterocycles. The maximum Gasteiger partial charge on any atom is 0.170 e. The summed E-state index contributed by atoms with van der Waals surface area (Å²) in [5.74, 6) is 0.764. The SMILES string of the molecule is COCCN1C(=S)N[C@@H](c2ccccn2)[C@H]1c1cc(C)n(-c2cc(Cl)ccc2OC)c1C. The summed E-state index contributed by atoms with van der Waals surface area (Å²) in [6.07, 6.45) is 1.81. The second-order valence-corrected chi connectivity index (χ2v) is 8.61. The van der Waals surface area contributed by atoms with Crippen molar-refractivity contribution in [1.82, 2.24) is 19.8 Å². The van der Waals surface area contributed by atoms with Crippen molar-refractivity contribution in [3.8, 4) is 11.4 Å². The molecule has 2 atom stereocenters. The molecule has 0 saturated carbocycles. The summed E-state index contributed by atoms with van der Waals surface area (Å²) in [6, 6.07) is 13.7. The van der Waals surface area contributed by atoms with Gasteiger partial charge in [0.1, 0.15) is 5.75 Å². The van der Waals surface area contributed by atoms with Gasteiger partial charge in [0, 0.05) is 36.3 Å². The Morgan fingerprint density at radius 1 is 1.16 bits per heavy atom. The van der Waals surface area contributed by atoms with E-state index in [1.54, 1.807) is 14.2 Å². The topological polar surface area (TPSA) is 51.5 Å². The molecule has 0 radical (unpaired) electrons. The van der Waals surface area contributed by atoms with E-state index in [1.807, 2.05) is 42.6 Å². The molecule has 4 rings (SSSR count). The van der Waals surface area contributed by atoms with Gasteiger partial charge < -0.3 is 24.3 Å². The standard InChI is InChI=1S/C24H27ClN4O2S/c1-15-13-18(16(2)29(15)20-14-17(25)8-9-21(20)31-4)23-22(19-7-5-6-10-26-19)27-24(32)28(23)11-12-30-3/h5-10,13-14,22-23H,11-12H2,1-4H3,(H,27,32)/t22-,23+/m0/s1. The fraction of sp³-hybridized carbons (Fsp3) is 0.333. The highest BCUT2D eigenvalue weighted by Gasteiger charge is 2.41. The van der Waals surface area contributed by atoms with Gasteiger partial charge in [-0.15, -0.1) is 0 Å². The van der Waals surface area contributed by atoms with E-state index < -0.39 is 0 Å². The van der Waals surface area contributed by atoms with E-state index in [4.69, 9.17) is 33.3 Å². The third-order valence-corrected chi connectivity index (χ3v) is 6.49. The van der Waals surface area contributed by atoms with Crippen LogP contribution in [0.15, 0.2) is 48.7 Å². The van der Waals surface area contributed by atoms with Crippen LogP contribution in [0.4, 0.5) is 0 Å². The van der Waals surface area contributed by atoms with Gasteiger partial charge in [0.05, 0.1) is 37.2 Å². The molecule has 1 fully saturated rings.